The molecule has 0 aliphatic heterocycles. The van der Waals surface area contributed by atoms with E-state index < -0.39 is 34.8 Å². The molecule has 1 atom stereocenters. The number of allylic oxidation sites excluding steroid dienone is 3. The molecule has 11 nitrogen and oxygen atoms in total. The molecule has 0 spiro atoms. The zero-order valence-corrected chi connectivity index (χ0v) is 29.7. The predicted molar refractivity (Wildman–Crippen MR) is 188 cm³/mol. The third-order valence-corrected chi connectivity index (χ3v) is 7.78. The summed E-state index contributed by atoms with van der Waals surface area (Å²) in [5.74, 6) is 0.0810. The first-order chi connectivity index (χ1) is 24.9. The lowest BCUT2D eigenvalue weighted by Gasteiger charge is -2.13. The van der Waals surface area contributed by atoms with Crippen LogP contribution in [0.15, 0.2) is 72.8 Å². The van der Waals surface area contributed by atoms with Crippen LogP contribution in [0.5, 0.6) is 11.5 Å². The van der Waals surface area contributed by atoms with Gasteiger partial charge in [0.25, 0.3) is 5.09 Å². The minimum Gasteiger partial charge on any atom is -0.493 e. The fourth-order valence-electron chi connectivity index (χ4n) is 5.00. The molecule has 0 aromatic heterocycles. The number of ether oxygens (including phenoxy) is 3. The summed E-state index contributed by atoms with van der Waals surface area (Å²) in [6, 6.07) is 11.0. The maximum atomic E-state index is 12.5. The van der Waals surface area contributed by atoms with E-state index in [2.05, 4.69) is 22.3 Å². The van der Waals surface area contributed by atoms with Crippen molar-refractivity contribution in [2.24, 2.45) is 5.92 Å². The minimum absolute atomic E-state index is 0.0350. The van der Waals surface area contributed by atoms with Crippen molar-refractivity contribution in [1.82, 2.24) is 5.32 Å². The van der Waals surface area contributed by atoms with Gasteiger partial charge in [-0.1, -0.05) is 55.3 Å². The predicted octanol–water partition coefficient (Wildman–Crippen LogP) is 8.14. The molecule has 3 rings (SSSR count). The Bertz CT molecular complexity index is 1440. The van der Waals surface area contributed by atoms with Crippen LogP contribution >= 0.6 is 0 Å². The van der Waals surface area contributed by atoms with Crippen LogP contribution in [0.2, 0.25) is 0 Å². The number of halogens is 3. The van der Waals surface area contributed by atoms with Crippen LogP contribution in [0.1, 0.15) is 89.2 Å². The summed E-state index contributed by atoms with van der Waals surface area (Å²) >= 11 is 0. The summed E-state index contributed by atoms with van der Waals surface area (Å²) in [5.41, 5.74) is 0.202. The average Bonchev–Trinajstić information content (AvgIpc) is 3.63. The normalized spacial score (nSPS) is 13.6. The van der Waals surface area contributed by atoms with Gasteiger partial charge >= 0.3 is 18.1 Å². The molecule has 1 aliphatic carbocycles. The average molecular weight is 735 g/mol. The zero-order valence-electron chi connectivity index (χ0n) is 29.7. The van der Waals surface area contributed by atoms with Crippen LogP contribution in [0, 0.1) is 16.0 Å². The van der Waals surface area contributed by atoms with E-state index in [1.54, 1.807) is 37.3 Å². The van der Waals surface area contributed by atoms with Crippen LogP contribution in [0.3, 0.4) is 0 Å². The van der Waals surface area contributed by atoms with Gasteiger partial charge in [0.1, 0.15) is 17.5 Å². The summed E-state index contributed by atoms with van der Waals surface area (Å²) in [6.45, 7) is 3.90. The lowest BCUT2D eigenvalue weighted by Crippen LogP contribution is -2.40. The molecule has 14 heteroatoms. The fraction of sp³-hybridized carbons (Fsp3) is 0.500. The van der Waals surface area contributed by atoms with Gasteiger partial charge in [0.05, 0.1) is 25.4 Å². The topological polar surface area (TPSA) is 143 Å². The number of hydrogen-bond donors (Lipinski definition) is 1. The maximum absolute atomic E-state index is 12.5. The van der Waals surface area contributed by atoms with Crippen molar-refractivity contribution in [1.29, 1.82) is 0 Å². The third kappa shape index (κ3) is 19.5. The number of rotatable bonds is 20. The van der Waals surface area contributed by atoms with Crippen molar-refractivity contribution in [2.45, 2.75) is 96.7 Å². The molecule has 1 saturated carbocycles. The highest BCUT2D eigenvalue weighted by molar-refractivity contribution is 5.85. The highest BCUT2D eigenvalue weighted by atomic mass is 19.4. The Hall–Kier alpha value is -4.88. The second kappa shape index (κ2) is 24.3. The Morgan fingerprint density at radius 3 is 2.37 bits per heavy atom. The number of amides is 1. The number of carbonyl (C=O) groups is 3. The zero-order chi connectivity index (χ0) is 38.2. The van der Waals surface area contributed by atoms with Crippen LogP contribution in [0.4, 0.5) is 13.2 Å². The maximum Gasteiger partial charge on any atom is 0.416 e. The Morgan fingerprint density at radius 2 is 1.69 bits per heavy atom. The highest BCUT2D eigenvalue weighted by Gasteiger charge is 2.30. The number of nitrogens with zero attached hydrogens (tertiary/aromatic N) is 1. The first kappa shape index (κ1) is 43.3. The Labute approximate surface area is 302 Å². The fourth-order valence-corrected chi connectivity index (χ4v) is 5.00. The highest BCUT2D eigenvalue weighted by Crippen LogP contribution is 2.31. The molecule has 1 aliphatic rings. The number of alkyl halides is 3. The second-order valence-electron chi connectivity index (χ2n) is 12.1. The van der Waals surface area contributed by atoms with E-state index in [1.807, 2.05) is 19.1 Å². The van der Waals surface area contributed by atoms with Gasteiger partial charge in [-0.05, 0) is 94.2 Å². The van der Waals surface area contributed by atoms with Gasteiger partial charge in [-0.25, -0.2) is 4.79 Å². The quantitative estimate of drug-likeness (QED) is 0.0356. The van der Waals surface area contributed by atoms with Gasteiger partial charge in [-0.2, -0.15) is 13.2 Å². The first-order valence-corrected chi connectivity index (χ1v) is 17.5. The van der Waals surface area contributed by atoms with Gasteiger partial charge in [-0.3, -0.25) is 9.59 Å². The molecule has 0 heterocycles. The van der Waals surface area contributed by atoms with Crippen LogP contribution < -0.4 is 14.8 Å². The Balaban J connectivity index is 0.000000399. The lowest BCUT2D eigenvalue weighted by atomic mass is 10.1. The number of unbranched alkanes of at least 4 members (excludes halogenated alkanes) is 1. The molecule has 1 amide bonds. The molecule has 52 heavy (non-hydrogen) atoms. The molecular formula is C38H49F3N2O9. The molecule has 286 valence electrons. The smallest absolute Gasteiger partial charge is 0.416 e. The van der Waals surface area contributed by atoms with Crippen molar-refractivity contribution >= 4 is 17.8 Å². The third-order valence-electron chi connectivity index (χ3n) is 7.78. The SMILES string of the molecule is C/C=C\CCCC(=O)NC(C)C(=O)Oc1ccc(CCOC(=O)CCCO[N+](=O)[O-])cc1.FC(F)(F)c1cccc(OCC/C=C/C2CCCC2)c1. The summed E-state index contributed by atoms with van der Waals surface area (Å²) in [6.07, 6.45) is 12.3. The van der Waals surface area contributed by atoms with E-state index in [4.69, 9.17) is 14.2 Å². The number of benzene rings is 2. The van der Waals surface area contributed by atoms with Crippen LogP contribution in [0.25, 0.3) is 0 Å². The van der Waals surface area contributed by atoms with Crippen LogP contribution in [-0.2, 0) is 36.6 Å². The van der Waals surface area contributed by atoms with Gasteiger partial charge in [0.2, 0.25) is 5.91 Å². The summed E-state index contributed by atoms with van der Waals surface area (Å²) in [5, 5.41) is 11.7. The van der Waals surface area contributed by atoms with Crippen molar-refractivity contribution < 1.29 is 51.7 Å². The van der Waals surface area contributed by atoms with Gasteiger partial charge < -0.3 is 24.4 Å². The molecule has 1 fully saturated rings. The summed E-state index contributed by atoms with van der Waals surface area (Å²) in [4.78, 5) is 49.7. The Kier molecular flexibility index (Phi) is 20.3. The monoisotopic (exact) mass is 734 g/mol. The van der Waals surface area contributed by atoms with Crippen molar-refractivity contribution in [3.05, 3.63) is 94.1 Å². The van der Waals surface area contributed by atoms with E-state index in [1.165, 1.54) is 31.7 Å². The van der Waals surface area contributed by atoms with Crippen molar-refractivity contribution in [3.8, 4) is 11.5 Å². The molecule has 2 aromatic rings. The molecule has 1 N–H and O–H groups in total. The van der Waals surface area contributed by atoms with Gasteiger partial charge in [-0.15, -0.1) is 10.1 Å². The van der Waals surface area contributed by atoms with E-state index in [0.717, 1.165) is 30.5 Å². The Morgan fingerprint density at radius 1 is 0.962 bits per heavy atom. The number of carbonyl (C=O) groups excluding carboxylic acids is 3. The van der Waals surface area contributed by atoms with Crippen molar-refractivity contribution in [2.75, 3.05) is 19.8 Å². The largest absolute Gasteiger partial charge is 0.493 e. The number of nitrogens with one attached hydrogen (secondary N) is 1. The number of esters is 2. The molecule has 0 bridgehead atoms. The summed E-state index contributed by atoms with van der Waals surface area (Å²) in [7, 11) is 0. The van der Waals surface area contributed by atoms with Gasteiger partial charge in [0.15, 0.2) is 0 Å². The van der Waals surface area contributed by atoms with E-state index in [0.29, 0.717) is 37.5 Å². The molecule has 0 radical (unpaired) electrons. The van der Waals surface area contributed by atoms with E-state index in [9.17, 15) is 37.7 Å². The molecular weight excluding hydrogens is 685 g/mol. The van der Waals surface area contributed by atoms with Crippen molar-refractivity contribution in [3.63, 3.8) is 0 Å². The van der Waals surface area contributed by atoms with E-state index >= 15 is 0 Å². The van der Waals surface area contributed by atoms with Gasteiger partial charge in [0, 0.05) is 19.3 Å². The second-order valence-corrected chi connectivity index (χ2v) is 12.1. The summed E-state index contributed by atoms with van der Waals surface area (Å²) < 4.78 is 53.2. The molecule has 0 saturated heterocycles. The molecule has 1 unspecified atom stereocenters. The lowest BCUT2D eigenvalue weighted by molar-refractivity contribution is -0.757. The van der Waals surface area contributed by atoms with Crippen LogP contribution in [-0.4, -0.2) is 48.8 Å². The molecule has 2 aromatic carbocycles. The minimum atomic E-state index is -4.32. The first-order valence-electron chi connectivity index (χ1n) is 17.5. The standard InChI is InChI=1S/C22H30N2O8.C16H19F3O/c1-3-4-5-6-8-20(25)23-17(2)22(27)32-19-12-10-18(11-13-19)14-16-30-21(26)9-7-15-31-24(28)29;17-16(18,19)14-9-5-10-15(12-14)20-11-4-3-8-13-6-1-2-7-13/h3-4,10-13,17H,5-9,14-16H2,1-2H3,(H,23,25);3,5,8-10,12-13H,1-2,4,6-7,11H2/b4-3-;8-3+. The van der Waals surface area contributed by atoms with E-state index in [-0.39, 0.29) is 37.7 Å². The number of hydrogen-bond acceptors (Lipinski definition) is 9.